The second-order valence-corrected chi connectivity index (χ2v) is 5.34. The molecule has 0 aliphatic carbocycles. The van der Waals surface area contributed by atoms with Crippen LogP contribution >= 0.6 is 11.3 Å². The van der Waals surface area contributed by atoms with Crippen molar-refractivity contribution in [1.82, 2.24) is 5.32 Å². The van der Waals surface area contributed by atoms with Crippen LogP contribution in [0, 0.1) is 0 Å². The lowest BCUT2D eigenvalue weighted by Crippen LogP contribution is -2.27. The summed E-state index contributed by atoms with van der Waals surface area (Å²) < 4.78 is 0. The lowest BCUT2D eigenvalue weighted by Gasteiger charge is -2.14. The molecule has 2 aromatic rings. The van der Waals surface area contributed by atoms with Gasteiger partial charge in [-0.25, -0.2) is 0 Å². The van der Waals surface area contributed by atoms with Gasteiger partial charge in [-0.2, -0.15) is 11.3 Å². The number of rotatable bonds is 5. The largest absolute Gasteiger partial charge is 0.504 e. The van der Waals surface area contributed by atoms with Gasteiger partial charge in [0.1, 0.15) is 0 Å². The molecular weight excluding hydrogens is 262 g/mol. The van der Waals surface area contributed by atoms with Gasteiger partial charge in [-0.05, 0) is 41.8 Å². The Labute approximate surface area is 116 Å². The van der Waals surface area contributed by atoms with Gasteiger partial charge >= 0.3 is 0 Å². The van der Waals surface area contributed by atoms with Gasteiger partial charge in [-0.15, -0.1) is 0 Å². The normalized spacial score (nSPS) is 12.5. The number of hydrogen-bond donors (Lipinski definition) is 4. The zero-order valence-corrected chi connectivity index (χ0v) is 11.4. The van der Waals surface area contributed by atoms with Crippen molar-refractivity contribution < 1.29 is 15.3 Å². The van der Waals surface area contributed by atoms with Crippen LogP contribution in [-0.2, 0) is 13.0 Å². The highest BCUT2D eigenvalue weighted by Crippen LogP contribution is 2.36. The van der Waals surface area contributed by atoms with Gasteiger partial charge in [-0.1, -0.05) is 6.07 Å². The minimum Gasteiger partial charge on any atom is -0.504 e. The SMILES string of the molecule is CC(Cc1ccsc1)NCc1ccc(O)c(O)c1O. The summed E-state index contributed by atoms with van der Waals surface area (Å²) in [6.45, 7) is 2.50. The summed E-state index contributed by atoms with van der Waals surface area (Å²) in [5.41, 5.74) is 1.84. The van der Waals surface area contributed by atoms with Crippen LogP contribution in [0.4, 0.5) is 0 Å². The highest BCUT2D eigenvalue weighted by molar-refractivity contribution is 7.07. The first-order chi connectivity index (χ1) is 9.08. The molecule has 5 heteroatoms. The lowest BCUT2D eigenvalue weighted by molar-refractivity contribution is 0.363. The molecule has 1 aromatic heterocycles. The average molecular weight is 279 g/mol. The Kier molecular flexibility index (Phi) is 4.29. The van der Waals surface area contributed by atoms with Crippen molar-refractivity contribution in [2.45, 2.75) is 25.9 Å². The monoisotopic (exact) mass is 279 g/mol. The van der Waals surface area contributed by atoms with E-state index in [2.05, 4.69) is 23.7 Å². The van der Waals surface area contributed by atoms with Crippen molar-refractivity contribution in [3.05, 3.63) is 40.1 Å². The minimum absolute atomic E-state index is 0.255. The molecule has 0 bridgehead atoms. The van der Waals surface area contributed by atoms with E-state index < -0.39 is 5.75 Å². The number of nitrogens with one attached hydrogen (secondary N) is 1. The highest BCUT2D eigenvalue weighted by Gasteiger charge is 2.11. The minimum atomic E-state index is -0.468. The number of hydrogen-bond acceptors (Lipinski definition) is 5. The molecule has 0 amide bonds. The smallest absolute Gasteiger partial charge is 0.200 e. The number of benzene rings is 1. The van der Waals surface area contributed by atoms with Gasteiger partial charge in [-0.3, -0.25) is 0 Å². The van der Waals surface area contributed by atoms with Crippen LogP contribution in [0.3, 0.4) is 0 Å². The summed E-state index contributed by atoms with van der Waals surface area (Å²) in [7, 11) is 0. The predicted molar refractivity (Wildman–Crippen MR) is 75.8 cm³/mol. The summed E-state index contributed by atoms with van der Waals surface area (Å²) in [6.07, 6.45) is 0.911. The van der Waals surface area contributed by atoms with Crippen LogP contribution in [-0.4, -0.2) is 21.4 Å². The highest BCUT2D eigenvalue weighted by atomic mass is 32.1. The van der Waals surface area contributed by atoms with Crippen molar-refractivity contribution in [2.75, 3.05) is 0 Å². The first-order valence-electron chi connectivity index (χ1n) is 6.05. The van der Waals surface area contributed by atoms with Gasteiger partial charge in [0, 0.05) is 18.2 Å². The Balaban J connectivity index is 1.93. The fourth-order valence-corrected chi connectivity index (χ4v) is 2.55. The standard InChI is InChI=1S/C14H17NO3S/c1-9(6-10-4-5-19-8-10)15-7-11-2-3-12(16)14(18)13(11)17/h2-5,8-9,15-18H,6-7H2,1H3. The molecule has 0 aliphatic rings. The molecule has 0 aliphatic heterocycles. The Morgan fingerprint density at radius 3 is 2.63 bits per heavy atom. The molecule has 19 heavy (non-hydrogen) atoms. The van der Waals surface area contributed by atoms with E-state index in [9.17, 15) is 15.3 Å². The molecule has 0 radical (unpaired) electrons. The average Bonchev–Trinajstić information content (AvgIpc) is 2.88. The van der Waals surface area contributed by atoms with E-state index in [1.807, 2.05) is 5.38 Å². The molecule has 1 heterocycles. The molecule has 0 spiro atoms. The fraction of sp³-hybridized carbons (Fsp3) is 0.286. The second-order valence-electron chi connectivity index (χ2n) is 4.56. The van der Waals surface area contributed by atoms with E-state index in [1.165, 1.54) is 11.6 Å². The first kappa shape index (κ1) is 13.7. The topological polar surface area (TPSA) is 72.7 Å². The van der Waals surface area contributed by atoms with Gasteiger partial charge in [0.25, 0.3) is 0 Å². The zero-order chi connectivity index (χ0) is 13.8. The van der Waals surface area contributed by atoms with Crippen molar-refractivity contribution >= 4 is 11.3 Å². The molecule has 102 valence electrons. The summed E-state index contributed by atoms with van der Waals surface area (Å²) in [5.74, 6) is -1.05. The van der Waals surface area contributed by atoms with Crippen molar-refractivity contribution in [2.24, 2.45) is 0 Å². The van der Waals surface area contributed by atoms with E-state index in [0.29, 0.717) is 12.1 Å². The number of thiophene rings is 1. The van der Waals surface area contributed by atoms with Gasteiger partial charge in [0.2, 0.25) is 5.75 Å². The Morgan fingerprint density at radius 2 is 1.95 bits per heavy atom. The third-order valence-corrected chi connectivity index (χ3v) is 3.71. The van der Waals surface area contributed by atoms with E-state index in [-0.39, 0.29) is 17.5 Å². The van der Waals surface area contributed by atoms with Crippen LogP contribution in [0.2, 0.25) is 0 Å². The van der Waals surface area contributed by atoms with Crippen LogP contribution in [0.25, 0.3) is 0 Å². The molecule has 1 aromatic carbocycles. The van der Waals surface area contributed by atoms with E-state index in [1.54, 1.807) is 17.4 Å². The predicted octanol–water partition coefficient (Wildman–Crippen LogP) is 2.59. The molecule has 1 atom stereocenters. The molecule has 4 nitrogen and oxygen atoms in total. The van der Waals surface area contributed by atoms with E-state index in [0.717, 1.165) is 6.42 Å². The molecule has 2 rings (SSSR count). The molecule has 0 fully saturated rings. The van der Waals surface area contributed by atoms with Crippen LogP contribution < -0.4 is 5.32 Å². The summed E-state index contributed by atoms with van der Waals surface area (Å²) in [6, 6.07) is 5.31. The van der Waals surface area contributed by atoms with Gasteiger partial charge < -0.3 is 20.6 Å². The van der Waals surface area contributed by atoms with Crippen LogP contribution in [0.5, 0.6) is 17.2 Å². The van der Waals surface area contributed by atoms with E-state index in [4.69, 9.17) is 0 Å². The Bertz CT molecular complexity index is 540. The fourth-order valence-electron chi connectivity index (χ4n) is 1.87. The number of phenols is 3. The van der Waals surface area contributed by atoms with Crippen molar-refractivity contribution in [3.8, 4) is 17.2 Å². The van der Waals surface area contributed by atoms with E-state index >= 15 is 0 Å². The maximum Gasteiger partial charge on any atom is 0.200 e. The van der Waals surface area contributed by atoms with Gasteiger partial charge in [0.15, 0.2) is 11.5 Å². The number of phenolic OH excluding ortho intramolecular Hbond substituents is 3. The Morgan fingerprint density at radius 1 is 1.16 bits per heavy atom. The molecular formula is C14H17NO3S. The van der Waals surface area contributed by atoms with Crippen LogP contribution in [0.15, 0.2) is 29.0 Å². The lowest BCUT2D eigenvalue weighted by atomic mass is 10.1. The summed E-state index contributed by atoms with van der Waals surface area (Å²) in [5, 5.41) is 35.8. The molecule has 0 saturated carbocycles. The second kappa shape index (κ2) is 5.95. The third kappa shape index (κ3) is 3.39. The van der Waals surface area contributed by atoms with Gasteiger partial charge in [0.05, 0.1) is 0 Å². The maximum atomic E-state index is 9.70. The zero-order valence-electron chi connectivity index (χ0n) is 10.6. The Hall–Kier alpha value is -1.72. The van der Waals surface area contributed by atoms with Crippen molar-refractivity contribution in [3.63, 3.8) is 0 Å². The molecule has 1 unspecified atom stereocenters. The molecule has 4 N–H and O–H groups in total. The van der Waals surface area contributed by atoms with Crippen molar-refractivity contribution in [1.29, 1.82) is 0 Å². The third-order valence-electron chi connectivity index (χ3n) is 2.98. The van der Waals surface area contributed by atoms with Crippen LogP contribution in [0.1, 0.15) is 18.1 Å². The molecule has 0 saturated heterocycles. The summed E-state index contributed by atoms with van der Waals surface area (Å²) in [4.78, 5) is 0. The number of aromatic hydroxyl groups is 3. The summed E-state index contributed by atoms with van der Waals surface area (Å²) >= 11 is 1.67. The maximum absolute atomic E-state index is 9.70. The first-order valence-corrected chi connectivity index (χ1v) is 6.99. The quantitative estimate of drug-likeness (QED) is 0.635.